The van der Waals surface area contributed by atoms with Crippen LogP contribution < -0.4 is 11.2 Å². The topological polar surface area (TPSA) is 108 Å². The summed E-state index contributed by atoms with van der Waals surface area (Å²) in [7, 11) is 0. The van der Waals surface area contributed by atoms with Crippen molar-refractivity contribution in [1.82, 2.24) is 14.5 Å². The lowest BCUT2D eigenvalue weighted by atomic mass is 9.48. The fourth-order valence-corrected chi connectivity index (χ4v) is 8.44. The van der Waals surface area contributed by atoms with Crippen molar-refractivity contribution in [3.05, 3.63) is 84.5 Å². The predicted octanol–water partition coefficient (Wildman–Crippen LogP) is 5.69. The molecule has 4 aliphatic carbocycles. The Morgan fingerprint density at radius 3 is 2.22 bits per heavy atom. The SMILES string of the molecule is CCN(CC)C(=O)c1ccc(N=Cc2c(O)n(-c3ccc(C45CC6CC(CC(C6)C4)C5)cc3Br)c(=O)[nH]c2=O)cc1. The van der Waals surface area contributed by atoms with E-state index < -0.39 is 17.1 Å². The molecule has 3 aromatic rings. The van der Waals surface area contributed by atoms with Crippen molar-refractivity contribution in [2.24, 2.45) is 22.7 Å². The summed E-state index contributed by atoms with van der Waals surface area (Å²) < 4.78 is 1.79. The van der Waals surface area contributed by atoms with Crippen LogP contribution in [-0.2, 0) is 5.41 Å². The maximum atomic E-state index is 12.9. The van der Waals surface area contributed by atoms with Crippen molar-refractivity contribution in [1.29, 1.82) is 0 Å². The molecule has 4 saturated carbocycles. The molecule has 0 atom stereocenters. The Bertz CT molecular complexity index is 1600. The van der Waals surface area contributed by atoms with Crippen LogP contribution in [0.3, 0.4) is 0 Å². The highest BCUT2D eigenvalue weighted by atomic mass is 79.9. The second-order valence-corrected chi connectivity index (χ2v) is 12.8. The van der Waals surface area contributed by atoms with Gasteiger partial charge in [0, 0.05) is 29.3 Å². The van der Waals surface area contributed by atoms with Crippen molar-refractivity contribution in [2.45, 2.75) is 57.8 Å². The first-order chi connectivity index (χ1) is 19.7. The summed E-state index contributed by atoms with van der Waals surface area (Å²) in [6.45, 7) is 5.10. The zero-order valence-corrected chi connectivity index (χ0v) is 25.0. The average Bonchev–Trinajstić information content (AvgIpc) is 2.93. The Morgan fingerprint density at radius 1 is 1.05 bits per heavy atom. The number of hydrogen-bond acceptors (Lipinski definition) is 5. The second kappa shape index (κ2) is 10.7. The molecular weight excluding hydrogens is 584 g/mol. The van der Waals surface area contributed by atoms with E-state index in [4.69, 9.17) is 0 Å². The lowest BCUT2D eigenvalue weighted by Gasteiger charge is -2.57. The third-order valence-electron chi connectivity index (χ3n) is 9.47. The highest BCUT2D eigenvalue weighted by Gasteiger charge is 2.51. The summed E-state index contributed by atoms with van der Waals surface area (Å²) in [5.41, 5.74) is 1.37. The zero-order valence-electron chi connectivity index (χ0n) is 23.4. The molecule has 0 aliphatic heterocycles. The first-order valence-corrected chi connectivity index (χ1v) is 15.3. The summed E-state index contributed by atoms with van der Waals surface area (Å²) in [5, 5.41) is 11.1. The first kappa shape index (κ1) is 27.7. The summed E-state index contributed by atoms with van der Waals surface area (Å²) in [6, 6.07) is 12.7. The van der Waals surface area contributed by atoms with Crippen molar-refractivity contribution in [2.75, 3.05) is 13.1 Å². The van der Waals surface area contributed by atoms with Gasteiger partial charge < -0.3 is 10.0 Å². The quantitative estimate of drug-likeness (QED) is 0.331. The number of H-pyrrole nitrogens is 1. The fourth-order valence-electron chi connectivity index (χ4n) is 7.88. The van der Waals surface area contributed by atoms with Crippen LogP contribution in [0.25, 0.3) is 5.69 Å². The van der Waals surface area contributed by atoms with Gasteiger partial charge in [0.2, 0.25) is 5.88 Å². The number of nitrogens with zero attached hydrogens (tertiary/aromatic N) is 3. The zero-order chi connectivity index (χ0) is 28.9. The van der Waals surface area contributed by atoms with E-state index in [-0.39, 0.29) is 16.9 Å². The molecule has 1 aromatic heterocycles. The minimum atomic E-state index is -0.734. The van der Waals surface area contributed by atoms with Gasteiger partial charge in [0.25, 0.3) is 11.5 Å². The molecule has 4 fully saturated rings. The molecular formula is C32H35BrN4O4. The standard InChI is InChI=1S/C32H35BrN4O4/c1-3-36(4-2)29(39)22-5-8-24(9-6-22)34-18-25-28(38)35-31(41)37(30(25)40)27-10-7-23(14-26(27)33)32-15-19-11-20(16-32)13-21(12-19)17-32/h5-10,14,18-21,40H,3-4,11-13,15-17H2,1-2H3,(H,35,38,41). The molecule has 2 aromatic carbocycles. The Kier molecular flexibility index (Phi) is 7.26. The van der Waals surface area contributed by atoms with E-state index in [2.05, 4.69) is 38.0 Å². The predicted molar refractivity (Wildman–Crippen MR) is 163 cm³/mol. The van der Waals surface area contributed by atoms with E-state index in [1.807, 2.05) is 19.9 Å². The number of benzene rings is 2. The number of aromatic amines is 1. The summed E-state index contributed by atoms with van der Waals surface area (Å²) in [4.78, 5) is 46.5. The first-order valence-electron chi connectivity index (χ1n) is 14.5. The van der Waals surface area contributed by atoms with Crippen LogP contribution in [0, 0.1) is 17.8 Å². The minimum Gasteiger partial charge on any atom is -0.493 e. The number of carbonyl (C=O) groups excluding carboxylic acids is 1. The maximum absolute atomic E-state index is 12.9. The number of rotatable bonds is 7. The highest BCUT2D eigenvalue weighted by molar-refractivity contribution is 9.10. The molecule has 9 heteroatoms. The molecule has 214 valence electrons. The van der Waals surface area contributed by atoms with E-state index in [9.17, 15) is 19.5 Å². The lowest BCUT2D eigenvalue weighted by molar-refractivity contribution is -0.00521. The Balaban J connectivity index is 1.29. The molecule has 41 heavy (non-hydrogen) atoms. The lowest BCUT2D eigenvalue weighted by Crippen LogP contribution is -2.48. The van der Waals surface area contributed by atoms with Gasteiger partial charge in [-0.15, -0.1) is 0 Å². The van der Waals surface area contributed by atoms with E-state index in [0.717, 1.165) is 22.3 Å². The van der Waals surface area contributed by atoms with Gasteiger partial charge in [0.15, 0.2) is 0 Å². The van der Waals surface area contributed by atoms with E-state index in [1.54, 1.807) is 29.2 Å². The van der Waals surface area contributed by atoms with Crippen LogP contribution in [0.4, 0.5) is 5.69 Å². The van der Waals surface area contributed by atoms with Crippen LogP contribution in [0.5, 0.6) is 5.88 Å². The number of hydrogen-bond donors (Lipinski definition) is 2. The van der Waals surface area contributed by atoms with Gasteiger partial charge in [0.05, 0.1) is 11.4 Å². The van der Waals surface area contributed by atoms with Gasteiger partial charge in [0.1, 0.15) is 5.56 Å². The molecule has 4 aliphatic rings. The van der Waals surface area contributed by atoms with Crippen LogP contribution in [-0.4, -0.2) is 44.8 Å². The third-order valence-corrected chi connectivity index (χ3v) is 10.1. The van der Waals surface area contributed by atoms with Crippen molar-refractivity contribution >= 4 is 33.7 Å². The van der Waals surface area contributed by atoms with Crippen LogP contribution in [0.1, 0.15) is 73.9 Å². The maximum Gasteiger partial charge on any atom is 0.335 e. The molecule has 8 nitrogen and oxygen atoms in total. The monoisotopic (exact) mass is 618 g/mol. The Hall–Kier alpha value is -3.46. The molecule has 1 heterocycles. The van der Waals surface area contributed by atoms with Crippen LogP contribution in [0.2, 0.25) is 0 Å². The number of nitrogens with one attached hydrogen (secondary N) is 1. The number of halogens is 1. The molecule has 0 unspecified atom stereocenters. The van der Waals surface area contributed by atoms with Crippen molar-refractivity contribution in [3.63, 3.8) is 0 Å². The number of aliphatic imine (C=N–C) groups is 1. The summed E-state index contributed by atoms with van der Waals surface area (Å²) in [6.07, 6.45) is 8.99. The van der Waals surface area contributed by atoms with Crippen molar-refractivity contribution in [3.8, 4) is 11.6 Å². The van der Waals surface area contributed by atoms with Gasteiger partial charge in [-0.05, 0) is 133 Å². The fraction of sp³-hybridized carbons (Fsp3) is 0.438. The minimum absolute atomic E-state index is 0.0634. The Labute approximate surface area is 247 Å². The van der Waals surface area contributed by atoms with Gasteiger partial charge >= 0.3 is 5.69 Å². The highest BCUT2D eigenvalue weighted by Crippen LogP contribution is 2.61. The third kappa shape index (κ3) is 4.98. The number of amides is 1. The van der Waals surface area contributed by atoms with Gasteiger partial charge in [-0.3, -0.25) is 19.6 Å². The molecule has 4 bridgehead atoms. The number of aromatic hydroxyl groups is 1. The molecule has 7 rings (SSSR count). The molecule has 0 radical (unpaired) electrons. The molecule has 0 spiro atoms. The van der Waals surface area contributed by atoms with Gasteiger partial charge in [-0.1, -0.05) is 6.07 Å². The number of aromatic nitrogens is 2. The van der Waals surface area contributed by atoms with Crippen LogP contribution >= 0.6 is 15.9 Å². The number of carbonyl (C=O) groups is 1. The van der Waals surface area contributed by atoms with E-state index in [0.29, 0.717) is 34.5 Å². The molecule has 2 N–H and O–H groups in total. The smallest absolute Gasteiger partial charge is 0.335 e. The summed E-state index contributed by atoms with van der Waals surface area (Å²) >= 11 is 3.66. The largest absolute Gasteiger partial charge is 0.493 e. The van der Waals surface area contributed by atoms with Gasteiger partial charge in [-0.25, -0.2) is 9.36 Å². The molecule has 0 saturated heterocycles. The summed E-state index contributed by atoms with van der Waals surface area (Å²) in [5.74, 6) is 1.88. The normalized spacial score (nSPS) is 24.7. The van der Waals surface area contributed by atoms with Crippen molar-refractivity contribution < 1.29 is 9.90 Å². The van der Waals surface area contributed by atoms with Gasteiger partial charge in [-0.2, -0.15) is 0 Å². The Morgan fingerprint density at radius 2 is 1.66 bits per heavy atom. The van der Waals surface area contributed by atoms with E-state index in [1.165, 1.54) is 50.3 Å². The average molecular weight is 620 g/mol. The van der Waals surface area contributed by atoms with E-state index >= 15 is 0 Å². The second-order valence-electron chi connectivity index (χ2n) is 12.0. The van der Waals surface area contributed by atoms with Crippen LogP contribution in [0.15, 0.2) is 61.5 Å². The molecule has 1 amide bonds.